The van der Waals surface area contributed by atoms with Crippen LogP contribution in [0.2, 0.25) is 0 Å². The Labute approximate surface area is 135 Å². The molecule has 0 aliphatic rings. The minimum absolute atomic E-state index is 0.166. The molecule has 0 heterocycles. The van der Waals surface area contributed by atoms with Gasteiger partial charge in [-0.25, -0.2) is 0 Å². The summed E-state index contributed by atoms with van der Waals surface area (Å²) in [6.45, 7) is 6.64. The second-order valence-electron chi connectivity index (χ2n) is 5.82. The molecule has 0 fully saturated rings. The molecule has 0 amide bonds. The highest BCUT2D eigenvalue weighted by Crippen LogP contribution is 2.35. The van der Waals surface area contributed by atoms with E-state index in [-0.39, 0.29) is 5.41 Å². The average molecular weight is 313 g/mol. The molecular formula is C18H19NS2. The lowest BCUT2D eigenvalue weighted by molar-refractivity contribution is 0.590. The fourth-order valence-electron chi connectivity index (χ4n) is 2.03. The fourth-order valence-corrected chi connectivity index (χ4v) is 3.60. The second kappa shape index (κ2) is 6.60. The maximum Gasteiger partial charge on any atom is 0.101 e. The Balaban J connectivity index is 2.29. The van der Waals surface area contributed by atoms with Gasteiger partial charge in [0.15, 0.2) is 0 Å². The highest BCUT2D eigenvalue weighted by molar-refractivity contribution is 8.00. The average Bonchev–Trinajstić information content (AvgIpc) is 2.46. The Morgan fingerprint density at radius 2 is 1.57 bits per heavy atom. The Bertz CT molecular complexity index is 661. The van der Waals surface area contributed by atoms with Crippen LogP contribution >= 0.6 is 23.5 Å². The molecule has 0 bridgehead atoms. The van der Waals surface area contributed by atoms with E-state index in [0.717, 1.165) is 20.2 Å². The summed E-state index contributed by atoms with van der Waals surface area (Å²) in [5.41, 5.74) is 2.26. The lowest BCUT2D eigenvalue weighted by Crippen LogP contribution is -2.10. The van der Waals surface area contributed by atoms with Gasteiger partial charge in [0.25, 0.3) is 0 Å². The largest absolute Gasteiger partial charge is 0.192 e. The molecule has 108 valence electrons. The molecule has 2 rings (SSSR count). The van der Waals surface area contributed by atoms with Gasteiger partial charge in [-0.3, -0.25) is 0 Å². The molecule has 0 saturated heterocycles. The molecule has 21 heavy (non-hydrogen) atoms. The van der Waals surface area contributed by atoms with Crippen LogP contribution in [0.1, 0.15) is 31.9 Å². The van der Waals surface area contributed by atoms with E-state index in [2.05, 4.69) is 51.1 Å². The molecule has 0 saturated carbocycles. The summed E-state index contributed by atoms with van der Waals surface area (Å²) in [6.07, 6.45) is 2.00. The molecule has 0 spiro atoms. The van der Waals surface area contributed by atoms with Crippen molar-refractivity contribution in [1.29, 1.82) is 5.26 Å². The highest BCUT2D eigenvalue weighted by Gasteiger charge is 2.13. The van der Waals surface area contributed by atoms with Crippen LogP contribution in [0.3, 0.4) is 0 Å². The zero-order valence-electron chi connectivity index (χ0n) is 12.8. The Kier molecular flexibility index (Phi) is 5.03. The SMILES string of the molecule is CSc1cccc(Sc2ccc(C(C)(C)C)cc2)c1C#N. The van der Waals surface area contributed by atoms with Crippen molar-refractivity contribution in [3.8, 4) is 6.07 Å². The van der Waals surface area contributed by atoms with Gasteiger partial charge in [0, 0.05) is 14.7 Å². The van der Waals surface area contributed by atoms with Crippen molar-refractivity contribution in [3.63, 3.8) is 0 Å². The van der Waals surface area contributed by atoms with Crippen LogP contribution in [-0.2, 0) is 5.41 Å². The van der Waals surface area contributed by atoms with Gasteiger partial charge in [0.05, 0.1) is 5.56 Å². The van der Waals surface area contributed by atoms with Gasteiger partial charge in [-0.2, -0.15) is 5.26 Å². The molecule has 0 unspecified atom stereocenters. The number of benzene rings is 2. The standard InChI is InChI=1S/C18H19NS2/c1-18(2,3)13-8-10-14(11-9-13)21-17-7-5-6-16(20-4)15(17)12-19/h5-11H,1-4H3. The topological polar surface area (TPSA) is 23.8 Å². The molecular weight excluding hydrogens is 294 g/mol. The molecule has 0 atom stereocenters. The summed E-state index contributed by atoms with van der Waals surface area (Å²) < 4.78 is 0. The van der Waals surface area contributed by atoms with Crippen LogP contribution < -0.4 is 0 Å². The monoisotopic (exact) mass is 313 g/mol. The maximum absolute atomic E-state index is 9.38. The Morgan fingerprint density at radius 3 is 2.10 bits per heavy atom. The molecule has 2 aromatic carbocycles. The lowest BCUT2D eigenvalue weighted by atomic mass is 9.87. The molecule has 3 heteroatoms. The first-order valence-corrected chi connectivity index (χ1v) is 8.85. The van der Waals surface area contributed by atoms with Crippen molar-refractivity contribution in [1.82, 2.24) is 0 Å². The number of thioether (sulfide) groups is 1. The number of nitrogens with zero attached hydrogens (tertiary/aromatic N) is 1. The molecule has 0 N–H and O–H groups in total. The molecule has 0 aliphatic heterocycles. The van der Waals surface area contributed by atoms with Gasteiger partial charge < -0.3 is 0 Å². The van der Waals surface area contributed by atoms with Crippen LogP contribution in [0.15, 0.2) is 57.2 Å². The summed E-state index contributed by atoms with van der Waals surface area (Å²) in [5.74, 6) is 0. The van der Waals surface area contributed by atoms with E-state index in [1.807, 2.05) is 24.5 Å². The molecule has 1 nitrogen and oxygen atoms in total. The first kappa shape index (κ1) is 16.0. The van der Waals surface area contributed by atoms with E-state index in [1.54, 1.807) is 23.5 Å². The smallest absolute Gasteiger partial charge is 0.101 e. The molecule has 0 aliphatic carbocycles. The second-order valence-corrected chi connectivity index (χ2v) is 7.79. The van der Waals surface area contributed by atoms with Gasteiger partial charge in [-0.05, 0) is 41.5 Å². The fraction of sp³-hybridized carbons (Fsp3) is 0.278. The normalized spacial score (nSPS) is 11.2. The van der Waals surface area contributed by atoms with E-state index < -0.39 is 0 Å². The lowest BCUT2D eigenvalue weighted by Gasteiger charge is -2.19. The first-order valence-electron chi connectivity index (χ1n) is 6.81. The maximum atomic E-state index is 9.38. The minimum atomic E-state index is 0.166. The van der Waals surface area contributed by atoms with E-state index in [9.17, 15) is 5.26 Å². The van der Waals surface area contributed by atoms with Gasteiger partial charge in [0.1, 0.15) is 6.07 Å². The number of hydrogen-bond donors (Lipinski definition) is 0. The third-order valence-electron chi connectivity index (χ3n) is 3.27. The van der Waals surface area contributed by atoms with E-state index in [1.165, 1.54) is 5.56 Å². The zero-order valence-corrected chi connectivity index (χ0v) is 14.4. The van der Waals surface area contributed by atoms with Crippen molar-refractivity contribution in [2.45, 2.75) is 40.9 Å². The van der Waals surface area contributed by atoms with E-state index in [4.69, 9.17) is 0 Å². The molecule has 0 radical (unpaired) electrons. The summed E-state index contributed by atoms with van der Waals surface area (Å²) in [4.78, 5) is 3.22. The van der Waals surface area contributed by atoms with Gasteiger partial charge in [0.2, 0.25) is 0 Å². The van der Waals surface area contributed by atoms with Crippen LogP contribution in [0.25, 0.3) is 0 Å². The number of hydrogen-bond acceptors (Lipinski definition) is 3. The quantitative estimate of drug-likeness (QED) is 0.676. The molecule has 2 aromatic rings. The minimum Gasteiger partial charge on any atom is -0.192 e. The predicted octanol–water partition coefficient (Wildman–Crippen LogP) is 5.73. The first-order chi connectivity index (χ1) is 9.95. The highest BCUT2D eigenvalue weighted by atomic mass is 32.2. The predicted molar refractivity (Wildman–Crippen MR) is 92.2 cm³/mol. The van der Waals surface area contributed by atoms with Crippen molar-refractivity contribution in [2.75, 3.05) is 6.26 Å². The number of nitriles is 1. The summed E-state index contributed by atoms with van der Waals surface area (Å²) in [5, 5.41) is 9.38. The Hall–Kier alpha value is -1.37. The zero-order chi connectivity index (χ0) is 15.5. The van der Waals surface area contributed by atoms with Crippen molar-refractivity contribution in [3.05, 3.63) is 53.6 Å². The summed E-state index contributed by atoms with van der Waals surface area (Å²) in [6, 6.07) is 17.0. The van der Waals surface area contributed by atoms with Crippen molar-refractivity contribution in [2.24, 2.45) is 0 Å². The van der Waals surface area contributed by atoms with E-state index in [0.29, 0.717) is 0 Å². The van der Waals surface area contributed by atoms with Gasteiger partial charge >= 0.3 is 0 Å². The summed E-state index contributed by atoms with van der Waals surface area (Å²) >= 11 is 3.27. The van der Waals surface area contributed by atoms with Crippen molar-refractivity contribution >= 4 is 23.5 Å². The summed E-state index contributed by atoms with van der Waals surface area (Å²) in [7, 11) is 0. The van der Waals surface area contributed by atoms with Gasteiger partial charge in [-0.1, -0.05) is 50.7 Å². The van der Waals surface area contributed by atoms with Crippen molar-refractivity contribution < 1.29 is 0 Å². The van der Waals surface area contributed by atoms with Gasteiger partial charge in [-0.15, -0.1) is 11.8 Å². The van der Waals surface area contributed by atoms with Crippen LogP contribution in [0.5, 0.6) is 0 Å². The Morgan fingerprint density at radius 1 is 0.952 bits per heavy atom. The van der Waals surface area contributed by atoms with Crippen LogP contribution in [0, 0.1) is 11.3 Å². The van der Waals surface area contributed by atoms with E-state index >= 15 is 0 Å². The third-order valence-corrected chi connectivity index (χ3v) is 5.12. The van der Waals surface area contributed by atoms with Crippen LogP contribution in [-0.4, -0.2) is 6.26 Å². The number of rotatable bonds is 3. The van der Waals surface area contributed by atoms with Crippen LogP contribution in [0.4, 0.5) is 0 Å². The third kappa shape index (κ3) is 3.84. The molecule has 0 aromatic heterocycles.